The average molecular weight is 326 g/mol. The summed E-state index contributed by atoms with van der Waals surface area (Å²) in [5.74, 6) is -0.801. The summed E-state index contributed by atoms with van der Waals surface area (Å²) in [7, 11) is 0. The number of carbonyl (C=O) groups excluding carboxylic acids is 1. The van der Waals surface area contributed by atoms with E-state index in [1.807, 2.05) is 32.6 Å². The molecule has 1 aliphatic heterocycles. The summed E-state index contributed by atoms with van der Waals surface area (Å²) in [6, 6.07) is -0.361. The maximum Gasteiger partial charge on any atom is 0.410 e. The molecule has 0 bridgehead atoms. The SMILES string of the molecule is CCC(NC1CCN(C(=O)OC(C)(C)C)C2(CCC2)C1)C(=O)O. The van der Waals surface area contributed by atoms with E-state index < -0.39 is 17.6 Å². The van der Waals surface area contributed by atoms with Crippen LogP contribution in [0.3, 0.4) is 0 Å². The molecule has 6 heteroatoms. The topological polar surface area (TPSA) is 78.9 Å². The third-order valence-corrected chi connectivity index (χ3v) is 4.94. The molecule has 0 radical (unpaired) electrons. The summed E-state index contributed by atoms with van der Waals surface area (Å²) < 4.78 is 5.56. The molecule has 0 aromatic rings. The maximum absolute atomic E-state index is 12.5. The third-order valence-electron chi connectivity index (χ3n) is 4.94. The lowest BCUT2D eigenvalue weighted by Gasteiger charge is -2.55. The van der Waals surface area contributed by atoms with Gasteiger partial charge in [0.05, 0.1) is 0 Å². The zero-order chi connectivity index (χ0) is 17.3. The minimum Gasteiger partial charge on any atom is -0.480 e. The lowest BCUT2D eigenvalue weighted by atomic mass is 9.69. The molecule has 23 heavy (non-hydrogen) atoms. The zero-order valence-electron chi connectivity index (χ0n) is 14.7. The number of nitrogens with one attached hydrogen (secondary N) is 1. The van der Waals surface area contributed by atoms with E-state index in [1.165, 1.54) is 0 Å². The molecule has 2 aliphatic rings. The van der Waals surface area contributed by atoms with E-state index in [2.05, 4.69) is 5.32 Å². The van der Waals surface area contributed by atoms with Crippen LogP contribution in [0, 0.1) is 0 Å². The second kappa shape index (κ2) is 6.67. The highest BCUT2D eigenvalue weighted by molar-refractivity contribution is 5.73. The minimum atomic E-state index is -0.801. The van der Waals surface area contributed by atoms with Crippen LogP contribution in [-0.2, 0) is 9.53 Å². The van der Waals surface area contributed by atoms with Gasteiger partial charge in [-0.1, -0.05) is 6.92 Å². The van der Waals surface area contributed by atoms with Gasteiger partial charge >= 0.3 is 12.1 Å². The number of ether oxygens (including phenoxy) is 1. The van der Waals surface area contributed by atoms with E-state index in [-0.39, 0.29) is 17.7 Å². The fourth-order valence-corrected chi connectivity index (χ4v) is 3.64. The Balaban J connectivity index is 2.02. The van der Waals surface area contributed by atoms with Crippen LogP contribution < -0.4 is 5.32 Å². The van der Waals surface area contributed by atoms with Crippen LogP contribution in [0.5, 0.6) is 0 Å². The minimum absolute atomic E-state index is 0.144. The number of rotatable bonds is 4. The number of piperidine rings is 1. The quantitative estimate of drug-likeness (QED) is 0.830. The Kier molecular flexibility index (Phi) is 5.23. The molecule has 1 amide bonds. The standard InChI is InChI=1S/C17H30N2O4/c1-5-13(14(20)21)18-12-7-10-19(15(22)23-16(2,3)4)17(11-12)8-6-9-17/h12-13,18H,5-11H2,1-4H3,(H,20,21). The van der Waals surface area contributed by atoms with Crippen LogP contribution in [0.15, 0.2) is 0 Å². The molecular formula is C17H30N2O4. The molecule has 1 aliphatic carbocycles. The van der Waals surface area contributed by atoms with Crippen molar-refractivity contribution in [1.29, 1.82) is 0 Å². The summed E-state index contributed by atoms with van der Waals surface area (Å²) in [5, 5.41) is 12.5. The van der Waals surface area contributed by atoms with E-state index in [4.69, 9.17) is 4.74 Å². The van der Waals surface area contributed by atoms with Crippen LogP contribution >= 0.6 is 0 Å². The van der Waals surface area contributed by atoms with E-state index in [1.54, 1.807) is 0 Å². The molecule has 0 aromatic heterocycles. The summed E-state index contributed by atoms with van der Waals surface area (Å²) in [5.41, 5.74) is -0.636. The Morgan fingerprint density at radius 2 is 2.04 bits per heavy atom. The van der Waals surface area contributed by atoms with Gasteiger partial charge < -0.3 is 20.1 Å². The number of carbonyl (C=O) groups is 2. The molecule has 2 atom stereocenters. The van der Waals surface area contributed by atoms with Crippen molar-refractivity contribution in [1.82, 2.24) is 10.2 Å². The molecular weight excluding hydrogens is 296 g/mol. The predicted octanol–water partition coefficient (Wildman–Crippen LogP) is 2.76. The highest BCUT2D eigenvalue weighted by atomic mass is 16.6. The van der Waals surface area contributed by atoms with Crippen molar-refractivity contribution in [3.63, 3.8) is 0 Å². The number of carboxylic acid groups (broad SMARTS) is 1. The molecule has 6 nitrogen and oxygen atoms in total. The second-order valence-corrected chi connectivity index (χ2v) is 7.87. The average Bonchev–Trinajstić information content (AvgIpc) is 2.40. The zero-order valence-corrected chi connectivity index (χ0v) is 14.7. The number of aliphatic carboxylic acids is 1. The summed E-state index contributed by atoms with van der Waals surface area (Å²) in [6.07, 6.45) is 4.99. The maximum atomic E-state index is 12.5. The van der Waals surface area contributed by atoms with Crippen molar-refractivity contribution in [2.45, 2.75) is 89.4 Å². The molecule has 1 spiro atoms. The fourth-order valence-electron chi connectivity index (χ4n) is 3.64. The van der Waals surface area contributed by atoms with Gasteiger partial charge in [0.1, 0.15) is 11.6 Å². The summed E-state index contributed by atoms with van der Waals surface area (Å²) >= 11 is 0. The molecule has 2 N–H and O–H groups in total. The highest BCUT2D eigenvalue weighted by Gasteiger charge is 2.50. The number of likely N-dealkylation sites (tertiary alicyclic amines) is 1. The van der Waals surface area contributed by atoms with Crippen molar-refractivity contribution < 1.29 is 19.4 Å². The predicted molar refractivity (Wildman–Crippen MR) is 87.4 cm³/mol. The van der Waals surface area contributed by atoms with Crippen molar-refractivity contribution in [2.75, 3.05) is 6.54 Å². The first-order valence-electron chi connectivity index (χ1n) is 8.66. The lowest BCUT2D eigenvalue weighted by Crippen LogP contribution is -2.64. The van der Waals surface area contributed by atoms with Gasteiger partial charge in [-0.3, -0.25) is 4.79 Å². The molecule has 2 unspecified atom stereocenters. The molecule has 1 heterocycles. The van der Waals surface area contributed by atoms with Crippen molar-refractivity contribution in [2.24, 2.45) is 0 Å². The molecule has 1 saturated carbocycles. The number of hydrogen-bond acceptors (Lipinski definition) is 4. The van der Waals surface area contributed by atoms with Crippen LogP contribution in [-0.4, -0.2) is 51.8 Å². The van der Waals surface area contributed by atoms with E-state index >= 15 is 0 Å². The van der Waals surface area contributed by atoms with Crippen molar-refractivity contribution in [3.8, 4) is 0 Å². The summed E-state index contributed by atoms with van der Waals surface area (Å²) in [6.45, 7) is 8.14. The third kappa shape index (κ3) is 4.16. The molecule has 132 valence electrons. The van der Waals surface area contributed by atoms with Crippen LogP contribution in [0.4, 0.5) is 4.79 Å². The lowest BCUT2D eigenvalue weighted by molar-refractivity contribution is -0.140. The normalized spacial score (nSPS) is 24.9. The Morgan fingerprint density at radius 1 is 1.39 bits per heavy atom. The van der Waals surface area contributed by atoms with Crippen LogP contribution in [0.2, 0.25) is 0 Å². The van der Waals surface area contributed by atoms with Gasteiger partial charge in [-0.2, -0.15) is 0 Å². The largest absolute Gasteiger partial charge is 0.480 e. The van der Waals surface area contributed by atoms with E-state index in [0.717, 1.165) is 32.1 Å². The number of amides is 1. The Bertz CT molecular complexity index is 454. The van der Waals surface area contributed by atoms with Gasteiger partial charge in [0, 0.05) is 18.1 Å². The fraction of sp³-hybridized carbons (Fsp3) is 0.882. The highest BCUT2D eigenvalue weighted by Crippen LogP contribution is 2.45. The molecule has 2 rings (SSSR count). The van der Waals surface area contributed by atoms with E-state index in [0.29, 0.717) is 13.0 Å². The van der Waals surface area contributed by atoms with E-state index in [9.17, 15) is 14.7 Å². The number of hydrogen-bond donors (Lipinski definition) is 2. The van der Waals surface area contributed by atoms with Crippen molar-refractivity contribution in [3.05, 3.63) is 0 Å². The van der Waals surface area contributed by atoms with Crippen LogP contribution in [0.1, 0.15) is 66.2 Å². The van der Waals surface area contributed by atoms with Crippen LogP contribution in [0.25, 0.3) is 0 Å². The van der Waals surface area contributed by atoms with Gasteiger partial charge in [0.25, 0.3) is 0 Å². The molecule has 1 saturated heterocycles. The second-order valence-electron chi connectivity index (χ2n) is 7.87. The Morgan fingerprint density at radius 3 is 2.48 bits per heavy atom. The molecule has 2 fully saturated rings. The van der Waals surface area contributed by atoms with Gasteiger partial charge in [0.15, 0.2) is 0 Å². The van der Waals surface area contributed by atoms with Gasteiger partial charge in [-0.25, -0.2) is 4.79 Å². The monoisotopic (exact) mass is 326 g/mol. The first kappa shape index (κ1) is 18.0. The Labute approximate surface area is 138 Å². The van der Waals surface area contributed by atoms with Gasteiger partial charge in [-0.15, -0.1) is 0 Å². The number of carboxylic acids is 1. The van der Waals surface area contributed by atoms with Gasteiger partial charge in [-0.05, 0) is 59.3 Å². The first-order valence-corrected chi connectivity index (χ1v) is 8.66. The van der Waals surface area contributed by atoms with Crippen molar-refractivity contribution >= 4 is 12.1 Å². The number of nitrogens with zero attached hydrogens (tertiary/aromatic N) is 1. The smallest absolute Gasteiger partial charge is 0.410 e. The summed E-state index contributed by atoms with van der Waals surface area (Å²) in [4.78, 5) is 25.6. The van der Waals surface area contributed by atoms with Gasteiger partial charge in [0.2, 0.25) is 0 Å². The molecule has 0 aromatic carbocycles. The Hall–Kier alpha value is -1.30. The first-order chi connectivity index (χ1) is 10.7.